The molecule has 0 saturated heterocycles. The summed E-state index contributed by atoms with van der Waals surface area (Å²) in [6.45, 7) is 0.745. The van der Waals surface area contributed by atoms with E-state index in [1.165, 1.54) is 17.1 Å². The normalized spacial score (nSPS) is 10.1. The maximum atomic E-state index is 5.09. The molecule has 1 aromatic heterocycles. The third-order valence-corrected chi connectivity index (χ3v) is 3.49. The lowest BCUT2D eigenvalue weighted by atomic mass is 10.2. The van der Waals surface area contributed by atoms with Gasteiger partial charge in [0.05, 0.1) is 7.11 Å². The highest BCUT2D eigenvalue weighted by Crippen LogP contribution is 2.15. The van der Waals surface area contributed by atoms with Crippen LogP contribution in [0.5, 0.6) is 5.75 Å². The van der Waals surface area contributed by atoms with Crippen molar-refractivity contribution < 1.29 is 4.74 Å². The minimum atomic E-state index is 0.745. The minimum absolute atomic E-state index is 0.745. The van der Waals surface area contributed by atoms with Crippen molar-refractivity contribution in [3.63, 3.8) is 0 Å². The Kier molecular flexibility index (Phi) is 3.94. The standard InChI is InChI=1S/C10H10IN3OS/c1-15-8-4-2-7(3-5-8)6-12-10-13-9(11)14-16-10/h2-5H,6H2,1H3,(H,12,13,14). The molecule has 0 atom stereocenters. The van der Waals surface area contributed by atoms with E-state index in [0.29, 0.717) is 0 Å². The van der Waals surface area contributed by atoms with Gasteiger partial charge in [0.15, 0.2) is 0 Å². The summed E-state index contributed by atoms with van der Waals surface area (Å²) in [4.78, 5) is 4.22. The second-order valence-corrected chi connectivity index (χ2v) is 4.79. The smallest absolute Gasteiger partial charge is 0.205 e. The molecule has 1 N–H and O–H groups in total. The van der Waals surface area contributed by atoms with Gasteiger partial charge in [-0.3, -0.25) is 0 Å². The number of nitrogens with zero attached hydrogens (tertiary/aromatic N) is 2. The largest absolute Gasteiger partial charge is 0.497 e. The lowest BCUT2D eigenvalue weighted by Gasteiger charge is -2.03. The van der Waals surface area contributed by atoms with Crippen LogP contribution in [0.15, 0.2) is 24.3 Å². The van der Waals surface area contributed by atoms with Gasteiger partial charge in [0.2, 0.25) is 8.96 Å². The summed E-state index contributed by atoms with van der Waals surface area (Å²) in [7, 11) is 1.66. The summed E-state index contributed by atoms with van der Waals surface area (Å²) in [5.41, 5.74) is 1.19. The van der Waals surface area contributed by atoms with Gasteiger partial charge in [-0.05, 0) is 17.7 Å². The number of halogens is 1. The lowest BCUT2D eigenvalue weighted by molar-refractivity contribution is 0.414. The Bertz CT molecular complexity index is 457. The molecule has 2 rings (SSSR count). The van der Waals surface area contributed by atoms with E-state index >= 15 is 0 Å². The maximum absolute atomic E-state index is 5.09. The van der Waals surface area contributed by atoms with Gasteiger partial charge in [-0.2, -0.15) is 9.36 Å². The molecule has 1 aromatic carbocycles. The second kappa shape index (κ2) is 5.44. The molecule has 0 aliphatic carbocycles. The Morgan fingerprint density at radius 1 is 1.38 bits per heavy atom. The van der Waals surface area contributed by atoms with Crippen molar-refractivity contribution in [1.82, 2.24) is 9.36 Å². The average molecular weight is 347 g/mol. The number of ether oxygens (including phenoxy) is 1. The van der Waals surface area contributed by atoms with Gasteiger partial charge in [0.25, 0.3) is 0 Å². The zero-order valence-electron chi connectivity index (χ0n) is 8.61. The van der Waals surface area contributed by atoms with Crippen LogP contribution in [0.1, 0.15) is 5.56 Å². The molecule has 0 spiro atoms. The fourth-order valence-electron chi connectivity index (χ4n) is 1.20. The van der Waals surface area contributed by atoms with Crippen LogP contribution in [0, 0.1) is 3.83 Å². The number of anilines is 1. The monoisotopic (exact) mass is 347 g/mol. The number of benzene rings is 1. The van der Waals surface area contributed by atoms with E-state index in [0.717, 1.165) is 21.3 Å². The molecule has 4 nitrogen and oxygen atoms in total. The molecule has 0 bridgehead atoms. The Morgan fingerprint density at radius 3 is 2.69 bits per heavy atom. The van der Waals surface area contributed by atoms with Crippen molar-refractivity contribution in [1.29, 1.82) is 0 Å². The van der Waals surface area contributed by atoms with Crippen molar-refractivity contribution in [2.45, 2.75) is 6.54 Å². The number of aromatic nitrogens is 2. The molecule has 2 aromatic rings. The molecule has 0 amide bonds. The molecule has 6 heteroatoms. The van der Waals surface area contributed by atoms with Crippen molar-refractivity contribution in [2.75, 3.05) is 12.4 Å². The van der Waals surface area contributed by atoms with Gasteiger partial charge in [-0.25, -0.2) is 0 Å². The van der Waals surface area contributed by atoms with Crippen molar-refractivity contribution in [3.8, 4) is 5.75 Å². The highest BCUT2D eigenvalue weighted by molar-refractivity contribution is 14.1. The SMILES string of the molecule is COc1ccc(CNc2nc(I)ns2)cc1. The van der Waals surface area contributed by atoms with Crippen LogP contribution >= 0.6 is 34.1 Å². The number of rotatable bonds is 4. The molecule has 16 heavy (non-hydrogen) atoms. The van der Waals surface area contributed by atoms with Crippen LogP contribution < -0.4 is 10.1 Å². The fourth-order valence-corrected chi connectivity index (χ4v) is 2.37. The number of methoxy groups -OCH3 is 1. The van der Waals surface area contributed by atoms with Gasteiger partial charge in [0, 0.05) is 40.7 Å². The van der Waals surface area contributed by atoms with Crippen LogP contribution in [0.2, 0.25) is 0 Å². The Morgan fingerprint density at radius 2 is 2.12 bits per heavy atom. The van der Waals surface area contributed by atoms with E-state index in [1.54, 1.807) is 7.11 Å². The fraction of sp³-hybridized carbons (Fsp3) is 0.200. The summed E-state index contributed by atoms with van der Waals surface area (Å²) in [6.07, 6.45) is 0. The Hall–Kier alpha value is -0.890. The van der Waals surface area contributed by atoms with Gasteiger partial charge < -0.3 is 10.1 Å². The Labute approximate surface area is 111 Å². The molecule has 84 valence electrons. The van der Waals surface area contributed by atoms with Crippen LogP contribution in [0.4, 0.5) is 5.13 Å². The number of hydrogen-bond donors (Lipinski definition) is 1. The van der Waals surface area contributed by atoms with E-state index in [1.807, 2.05) is 24.3 Å². The number of hydrogen-bond acceptors (Lipinski definition) is 5. The van der Waals surface area contributed by atoms with E-state index in [4.69, 9.17) is 4.74 Å². The molecule has 0 radical (unpaired) electrons. The van der Waals surface area contributed by atoms with Gasteiger partial charge >= 0.3 is 0 Å². The first kappa shape index (κ1) is 11.6. The lowest BCUT2D eigenvalue weighted by Crippen LogP contribution is -1.98. The van der Waals surface area contributed by atoms with E-state index in [-0.39, 0.29) is 0 Å². The third kappa shape index (κ3) is 3.05. The highest BCUT2D eigenvalue weighted by Gasteiger charge is 2.00. The van der Waals surface area contributed by atoms with Crippen LogP contribution in [-0.4, -0.2) is 16.5 Å². The predicted molar refractivity (Wildman–Crippen MR) is 72.9 cm³/mol. The second-order valence-electron chi connectivity index (χ2n) is 3.07. The minimum Gasteiger partial charge on any atom is -0.497 e. The van der Waals surface area contributed by atoms with Crippen LogP contribution in [0.3, 0.4) is 0 Å². The molecule has 0 unspecified atom stereocenters. The third-order valence-electron chi connectivity index (χ3n) is 2.00. The first-order valence-corrected chi connectivity index (χ1v) is 6.49. The predicted octanol–water partition coefficient (Wildman–Crippen LogP) is 2.76. The van der Waals surface area contributed by atoms with Crippen molar-refractivity contribution >= 4 is 39.3 Å². The topological polar surface area (TPSA) is 47.0 Å². The zero-order valence-corrected chi connectivity index (χ0v) is 11.6. The van der Waals surface area contributed by atoms with E-state index in [2.05, 4.69) is 37.3 Å². The molecular formula is C10H10IN3OS. The average Bonchev–Trinajstić information content (AvgIpc) is 2.73. The quantitative estimate of drug-likeness (QED) is 0.864. The summed E-state index contributed by atoms with van der Waals surface area (Å²) in [5.74, 6) is 0.870. The molecule has 0 aliphatic rings. The van der Waals surface area contributed by atoms with Crippen LogP contribution in [-0.2, 0) is 6.54 Å². The van der Waals surface area contributed by atoms with Gasteiger partial charge in [-0.15, -0.1) is 0 Å². The first-order valence-electron chi connectivity index (χ1n) is 4.64. The van der Waals surface area contributed by atoms with Gasteiger partial charge in [-0.1, -0.05) is 12.1 Å². The van der Waals surface area contributed by atoms with Crippen molar-refractivity contribution in [3.05, 3.63) is 33.7 Å². The summed E-state index contributed by atoms with van der Waals surface area (Å²) in [5, 5.41) is 4.07. The number of nitrogens with one attached hydrogen (secondary N) is 1. The van der Waals surface area contributed by atoms with Gasteiger partial charge in [0.1, 0.15) is 5.75 Å². The summed E-state index contributed by atoms with van der Waals surface area (Å²) in [6, 6.07) is 7.94. The molecule has 0 saturated carbocycles. The van der Waals surface area contributed by atoms with E-state index < -0.39 is 0 Å². The van der Waals surface area contributed by atoms with E-state index in [9.17, 15) is 0 Å². The highest BCUT2D eigenvalue weighted by atomic mass is 127. The summed E-state index contributed by atoms with van der Waals surface area (Å²) >= 11 is 3.47. The maximum Gasteiger partial charge on any atom is 0.205 e. The van der Waals surface area contributed by atoms with Crippen LogP contribution in [0.25, 0.3) is 0 Å². The Balaban J connectivity index is 1.94. The molecular weight excluding hydrogens is 337 g/mol. The zero-order chi connectivity index (χ0) is 11.4. The molecule has 1 heterocycles. The van der Waals surface area contributed by atoms with Crippen molar-refractivity contribution in [2.24, 2.45) is 0 Å². The molecule has 0 fully saturated rings. The molecule has 0 aliphatic heterocycles. The summed E-state index contributed by atoms with van der Waals surface area (Å²) < 4.78 is 9.96. The first-order chi connectivity index (χ1) is 7.78.